The van der Waals surface area contributed by atoms with Crippen LogP contribution in [0.3, 0.4) is 0 Å². The highest BCUT2D eigenvalue weighted by Crippen LogP contribution is 2.31. The number of nitrogens with one attached hydrogen (secondary N) is 2. The quantitative estimate of drug-likeness (QED) is 0.114. The van der Waals surface area contributed by atoms with Gasteiger partial charge in [0.05, 0.1) is 20.3 Å². The zero-order valence-corrected chi connectivity index (χ0v) is 29.8. The van der Waals surface area contributed by atoms with E-state index < -0.39 is 0 Å². The summed E-state index contributed by atoms with van der Waals surface area (Å²) in [5.74, 6) is 1.89. The Morgan fingerprint density at radius 3 is 2.40 bits per heavy atom. The molecule has 2 aromatic rings. The summed E-state index contributed by atoms with van der Waals surface area (Å²) in [4.78, 5) is 33.1. The van der Waals surface area contributed by atoms with Crippen LogP contribution >= 0.6 is 11.9 Å². The summed E-state index contributed by atoms with van der Waals surface area (Å²) in [6.45, 7) is 9.56. The van der Waals surface area contributed by atoms with Crippen LogP contribution in [0, 0.1) is 13.8 Å². The second-order valence-electron chi connectivity index (χ2n) is 12.1. The third-order valence-corrected chi connectivity index (χ3v) is 9.43. The van der Waals surface area contributed by atoms with Crippen molar-refractivity contribution in [1.29, 1.82) is 0 Å². The Morgan fingerprint density at radius 2 is 1.72 bits per heavy atom. The van der Waals surface area contributed by atoms with Gasteiger partial charge >= 0.3 is 0 Å². The monoisotopic (exact) mass is 668 g/mol. The van der Waals surface area contributed by atoms with Gasteiger partial charge in [0, 0.05) is 49.6 Å². The average molecular weight is 669 g/mol. The van der Waals surface area contributed by atoms with Crippen molar-refractivity contribution in [1.82, 2.24) is 19.8 Å². The summed E-state index contributed by atoms with van der Waals surface area (Å²) in [5.41, 5.74) is 10.0. The Balaban J connectivity index is 1.44. The number of carbonyl (C=O) groups is 2. The normalized spacial score (nSPS) is 12.6. The standard InChI is InChI=1S/C36H56N6O4S/c1-28-24-32(45-4)25-29(2)35(28)47-41(3)22-23-46-27-34(44)42(26-30-13-15-31(16-14-30)36-39-19-20-40-36)21-11-7-10-18-38-33(43)12-8-5-6-9-17-37/h13-16,24-25H,5-12,17-23,26-27,37H2,1-4H3,(H,38,43)(H,39,40). The molecule has 47 heavy (non-hydrogen) atoms. The van der Waals surface area contributed by atoms with E-state index in [0.717, 1.165) is 80.7 Å². The van der Waals surface area contributed by atoms with Crippen LogP contribution in [-0.2, 0) is 20.9 Å². The first kappa shape index (κ1) is 38.3. The summed E-state index contributed by atoms with van der Waals surface area (Å²) >= 11 is 1.68. The van der Waals surface area contributed by atoms with Gasteiger partial charge in [-0.3, -0.25) is 14.6 Å². The lowest BCUT2D eigenvalue weighted by Crippen LogP contribution is -2.35. The molecule has 0 spiro atoms. The van der Waals surface area contributed by atoms with E-state index in [1.807, 2.05) is 24.1 Å². The molecule has 2 aromatic carbocycles. The molecule has 0 atom stereocenters. The van der Waals surface area contributed by atoms with Crippen molar-refractivity contribution < 1.29 is 19.1 Å². The number of ether oxygens (including phenoxy) is 2. The summed E-state index contributed by atoms with van der Waals surface area (Å²) in [6.07, 6.45) is 7.31. The SMILES string of the molecule is COc1cc(C)c(SN(C)CCOCC(=O)N(CCCCCNC(=O)CCCCCCN)Cc2ccc(C3=NCCN3)cc2)c(C)c1. The largest absolute Gasteiger partial charge is 0.497 e. The lowest BCUT2D eigenvalue weighted by molar-refractivity contribution is -0.136. The smallest absolute Gasteiger partial charge is 0.248 e. The molecule has 4 N–H and O–H groups in total. The highest BCUT2D eigenvalue weighted by Gasteiger charge is 2.16. The number of hydrogen-bond acceptors (Lipinski definition) is 9. The van der Waals surface area contributed by atoms with E-state index in [1.165, 1.54) is 16.0 Å². The number of likely N-dealkylation sites (N-methyl/N-ethyl adjacent to an activating group) is 1. The zero-order valence-electron chi connectivity index (χ0n) is 28.9. The molecule has 1 aliphatic heterocycles. The van der Waals surface area contributed by atoms with Gasteiger partial charge in [0.2, 0.25) is 11.8 Å². The summed E-state index contributed by atoms with van der Waals surface area (Å²) in [7, 11) is 3.72. The van der Waals surface area contributed by atoms with Gasteiger partial charge in [-0.05, 0) is 100 Å². The highest BCUT2D eigenvalue weighted by molar-refractivity contribution is 7.97. The van der Waals surface area contributed by atoms with Crippen LogP contribution in [0.4, 0.5) is 0 Å². The first-order valence-electron chi connectivity index (χ1n) is 17.0. The topological polar surface area (TPSA) is 122 Å². The molecule has 0 aliphatic carbocycles. The third-order valence-electron chi connectivity index (χ3n) is 8.11. The Morgan fingerprint density at radius 1 is 1.00 bits per heavy atom. The molecular weight excluding hydrogens is 613 g/mol. The molecular formula is C36H56N6O4S. The minimum atomic E-state index is -0.0176. The molecule has 11 heteroatoms. The summed E-state index contributed by atoms with van der Waals surface area (Å²) < 4.78 is 13.4. The van der Waals surface area contributed by atoms with Gasteiger partial charge in [0.25, 0.3) is 0 Å². The van der Waals surface area contributed by atoms with E-state index in [1.54, 1.807) is 19.1 Å². The minimum absolute atomic E-state index is 0.0176. The van der Waals surface area contributed by atoms with E-state index in [2.05, 4.69) is 58.0 Å². The second kappa shape index (κ2) is 21.7. The van der Waals surface area contributed by atoms with Crippen LogP contribution in [0.25, 0.3) is 0 Å². The summed E-state index contributed by atoms with van der Waals surface area (Å²) in [6, 6.07) is 12.4. The predicted molar refractivity (Wildman–Crippen MR) is 192 cm³/mol. The molecule has 3 rings (SSSR count). The van der Waals surface area contributed by atoms with Crippen LogP contribution in [0.2, 0.25) is 0 Å². The van der Waals surface area contributed by atoms with Crippen molar-refractivity contribution >= 4 is 29.6 Å². The number of rotatable bonds is 23. The fourth-order valence-corrected chi connectivity index (χ4v) is 6.28. The number of methoxy groups -OCH3 is 1. The number of carbonyl (C=O) groups excluding carboxylic acids is 2. The van der Waals surface area contributed by atoms with Crippen molar-refractivity contribution in [2.24, 2.45) is 10.7 Å². The lowest BCUT2D eigenvalue weighted by Gasteiger charge is -2.24. The molecule has 1 heterocycles. The molecule has 0 radical (unpaired) electrons. The number of aryl methyl sites for hydroxylation is 2. The number of unbranched alkanes of at least 4 members (excludes halogenated alkanes) is 5. The maximum Gasteiger partial charge on any atom is 0.248 e. The first-order valence-corrected chi connectivity index (χ1v) is 17.8. The van der Waals surface area contributed by atoms with Gasteiger partial charge in [-0.2, -0.15) is 0 Å². The van der Waals surface area contributed by atoms with Crippen molar-refractivity contribution in [3.8, 4) is 5.75 Å². The molecule has 0 aromatic heterocycles. The molecule has 0 saturated carbocycles. The van der Waals surface area contributed by atoms with Crippen molar-refractivity contribution in [2.75, 3.05) is 66.6 Å². The van der Waals surface area contributed by atoms with E-state index in [0.29, 0.717) is 45.8 Å². The van der Waals surface area contributed by atoms with Crippen molar-refractivity contribution in [3.63, 3.8) is 0 Å². The Bertz CT molecular complexity index is 1250. The number of hydrogen-bond donors (Lipinski definition) is 3. The van der Waals surface area contributed by atoms with Gasteiger partial charge in [-0.1, -0.05) is 37.1 Å². The number of amides is 2. The number of nitrogens with zero attached hydrogens (tertiary/aromatic N) is 3. The molecule has 2 amide bonds. The van der Waals surface area contributed by atoms with Crippen LogP contribution < -0.4 is 21.1 Å². The number of amidine groups is 1. The maximum absolute atomic E-state index is 13.4. The van der Waals surface area contributed by atoms with Crippen LogP contribution in [0.15, 0.2) is 46.3 Å². The van der Waals surface area contributed by atoms with Crippen LogP contribution in [0.5, 0.6) is 5.75 Å². The van der Waals surface area contributed by atoms with Gasteiger partial charge in [-0.15, -0.1) is 0 Å². The van der Waals surface area contributed by atoms with Gasteiger partial charge in [-0.25, -0.2) is 4.31 Å². The van der Waals surface area contributed by atoms with Crippen molar-refractivity contribution in [3.05, 3.63) is 58.7 Å². The fourth-order valence-electron chi connectivity index (χ4n) is 5.39. The van der Waals surface area contributed by atoms with Crippen LogP contribution in [0.1, 0.15) is 73.6 Å². The Kier molecular flexibility index (Phi) is 17.7. The van der Waals surface area contributed by atoms with E-state index in [9.17, 15) is 9.59 Å². The predicted octanol–water partition coefficient (Wildman–Crippen LogP) is 4.84. The van der Waals surface area contributed by atoms with Gasteiger partial charge < -0.3 is 30.7 Å². The maximum atomic E-state index is 13.4. The minimum Gasteiger partial charge on any atom is -0.497 e. The van der Waals surface area contributed by atoms with E-state index >= 15 is 0 Å². The zero-order chi connectivity index (χ0) is 33.9. The number of aliphatic imine (C=N–C) groups is 1. The van der Waals surface area contributed by atoms with Crippen LogP contribution in [-0.4, -0.2) is 93.5 Å². The number of benzene rings is 2. The second-order valence-corrected chi connectivity index (χ2v) is 13.3. The highest BCUT2D eigenvalue weighted by atomic mass is 32.2. The molecule has 260 valence electrons. The van der Waals surface area contributed by atoms with Gasteiger partial charge in [0.1, 0.15) is 18.2 Å². The Hall–Kier alpha value is -3.12. The molecule has 0 unspecified atom stereocenters. The average Bonchev–Trinajstić information content (AvgIpc) is 3.61. The van der Waals surface area contributed by atoms with E-state index in [4.69, 9.17) is 15.2 Å². The fraction of sp³-hybridized carbons (Fsp3) is 0.583. The number of nitrogens with two attached hydrogens (primary N) is 1. The van der Waals surface area contributed by atoms with Gasteiger partial charge in [0.15, 0.2) is 0 Å². The lowest BCUT2D eigenvalue weighted by atomic mass is 10.1. The molecule has 0 bridgehead atoms. The molecule has 0 fully saturated rings. The third kappa shape index (κ3) is 14.3. The van der Waals surface area contributed by atoms with E-state index in [-0.39, 0.29) is 18.4 Å². The Labute approximate surface area is 286 Å². The molecule has 0 saturated heterocycles. The summed E-state index contributed by atoms with van der Waals surface area (Å²) in [5, 5.41) is 6.34. The first-order chi connectivity index (χ1) is 22.8. The molecule has 10 nitrogen and oxygen atoms in total. The molecule has 1 aliphatic rings. The van der Waals surface area contributed by atoms with Crippen molar-refractivity contribution in [2.45, 2.75) is 76.7 Å².